The fourth-order valence-electron chi connectivity index (χ4n) is 1.85. The van der Waals surface area contributed by atoms with Gasteiger partial charge >= 0.3 is 0 Å². The fraction of sp³-hybridized carbons (Fsp3) is 0.583. The molecule has 1 aromatic heterocycles. The molecular weight excluding hydrogens is 188 g/mol. The Balaban J connectivity index is 1.59. The van der Waals surface area contributed by atoms with E-state index in [0.29, 0.717) is 6.04 Å². The topological polar surface area (TPSA) is 34.1 Å². The molecule has 0 bridgehead atoms. The molecule has 1 saturated heterocycles. The van der Waals surface area contributed by atoms with Crippen LogP contribution in [0, 0.1) is 0 Å². The van der Waals surface area contributed by atoms with E-state index in [0.717, 1.165) is 31.9 Å². The number of rotatable bonds is 5. The number of hydrogen-bond donors (Lipinski definition) is 1. The fourth-order valence-corrected chi connectivity index (χ4v) is 1.85. The van der Waals surface area contributed by atoms with Gasteiger partial charge in [0.2, 0.25) is 0 Å². The largest absolute Gasteiger partial charge is 0.379 e. The third-order valence-electron chi connectivity index (χ3n) is 2.71. The molecule has 0 spiro atoms. The summed E-state index contributed by atoms with van der Waals surface area (Å²) in [6.07, 6.45) is 5.28. The molecule has 0 aliphatic carbocycles. The van der Waals surface area contributed by atoms with Crippen LogP contribution in [0.25, 0.3) is 0 Å². The molecule has 1 aromatic rings. The van der Waals surface area contributed by atoms with E-state index in [-0.39, 0.29) is 0 Å². The minimum Gasteiger partial charge on any atom is -0.379 e. The number of ether oxygens (including phenoxy) is 1. The van der Waals surface area contributed by atoms with Crippen molar-refractivity contribution in [1.29, 1.82) is 0 Å². The maximum absolute atomic E-state index is 5.62. The second-order valence-corrected chi connectivity index (χ2v) is 3.94. The average molecular weight is 206 g/mol. The van der Waals surface area contributed by atoms with Gasteiger partial charge in [-0.1, -0.05) is 6.07 Å². The summed E-state index contributed by atoms with van der Waals surface area (Å²) in [5, 5.41) is 3.41. The van der Waals surface area contributed by atoms with Crippen LogP contribution in [0.15, 0.2) is 24.4 Å². The Morgan fingerprint density at radius 1 is 1.47 bits per heavy atom. The zero-order chi connectivity index (χ0) is 10.3. The highest BCUT2D eigenvalue weighted by atomic mass is 16.5. The predicted octanol–water partition coefficient (Wildman–Crippen LogP) is 1.39. The highest BCUT2D eigenvalue weighted by molar-refractivity contribution is 5.03. The Bertz CT molecular complexity index is 270. The molecule has 0 aromatic carbocycles. The molecule has 1 unspecified atom stereocenters. The van der Waals surface area contributed by atoms with Crippen molar-refractivity contribution in [2.24, 2.45) is 0 Å². The lowest BCUT2D eigenvalue weighted by atomic mass is 10.2. The summed E-state index contributed by atoms with van der Waals surface area (Å²) in [5.41, 5.74) is 1.11. The molecular formula is C12H18N2O. The summed E-state index contributed by atoms with van der Waals surface area (Å²) >= 11 is 0. The summed E-state index contributed by atoms with van der Waals surface area (Å²) in [6, 6.07) is 6.57. The van der Waals surface area contributed by atoms with Crippen molar-refractivity contribution in [3.8, 4) is 0 Å². The summed E-state index contributed by atoms with van der Waals surface area (Å²) in [6.45, 7) is 2.76. The number of aromatic nitrogens is 1. The number of nitrogens with zero attached hydrogens (tertiary/aromatic N) is 1. The van der Waals surface area contributed by atoms with Crippen molar-refractivity contribution < 1.29 is 4.74 Å². The summed E-state index contributed by atoms with van der Waals surface area (Å²) in [5.74, 6) is 0. The van der Waals surface area contributed by atoms with Crippen molar-refractivity contribution in [2.75, 3.05) is 19.8 Å². The zero-order valence-electron chi connectivity index (χ0n) is 8.98. The third kappa shape index (κ3) is 3.61. The molecule has 0 radical (unpaired) electrons. The van der Waals surface area contributed by atoms with Crippen molar-refractivity contribution >= 4 is 0 Å². The molecule has 0 amide bonds. The summed E-state index contributed by atoms with van der Waals surface area (Å²) in [7, 11) is 0. The molecule has 1 aliphatic rings. The van der Waals surface area contributed by atoms with Crippen molar-refractivity contribution in [3.05, 3.63) is 30.1 Å². The Morgan fingerprint density at radius 3 is 3.20 bits per heavy atom. The van der Waals surface area contributed by atoms with Crippen LogP contribution in [0.1, 0.15) is 18.5 Å². The minimum absolute atomic E-state index is 0.578. The van der Waals surface area contributed by atoms with Crippen LogP contribution in [-0.2, 0) is 11.2 Å². The van der Waals surface area contributed by atoms with E-state index in [2.05, 4.69) is 10.3 Å². The van der Waals surface area contributed by atoms with Gasteiger partial charge in [0.25, 0.3) is 0 Å². The van der Waals surface area contributed by atoms with Gasteiger partial charge in [0.15, 0.2) is 0 Å². The van der Waals surface area contributed by atoms with E-state index >= 15 is 0 Å². The maximum atomic E-state index is 5.62. The van der Waals surface area contributed by atoms with Gasteiger partial charge in [-0.15, -0.1) is 0 Å². The van der Waals surface area contributed by atoms with Crippen molar-refractivity contribution in [3.63, 3.8) is 0 Å². The van der Waals surface area contributed by atoms with Crippen molar-refractivity contribution in [1.82, 2.24) is 10.3 Å². The van der Waals surface area contributed by atoms with Gasteiger partial charge in [-0.05, 0) is 31.5 Å². The maximum Gasteiger partial charge on any atom is 0.0619 e. The first-order valence-corrected chi connectivity index (χ1v) is 5.66. The van der Waals surface area contributed by atoms with Crippen LogP contribution in [0.5, 0.6) is 0 Å². The molecule has 1 N–H and O–H groups in total. The lowest BCUT2D eigenvalue weighted by molar-refractivity contribution is 0.118. The first-order chi connectivity index (χ1) is 7.45. The highest BCUT2D eigenvalue weighted by Gasteiger charge is 2.13. The van der Waals surface area contributed by atoms with Gasteiger partial charge in [0.05, 0.1) is 13.2 Å². The molecule has 1 fully saturated rings. The van der Waals surface area contributed by atoms with Gasteiger partial charge in [-0.2, -0.15) is 0 Å². The van der Waals surface area contributed by atoms with Gasteiger partial charge in [-0.25, -0.2) is 0 Å². The summed E-state index contributed by atoms with van der Waals surface area (Å²) < 4.78 is 5.62. The van der Waals surface area contributed by atoms with Gasteiger partial charge in [0.1, 0.15) is 0 Å². The Labute approximate surface area is 90.9 Å². The number of hydrogen-bond acceptors (Lipinski definition) is 3. The highest BCUT2D eigenvalue weighted by Crippen LogP contribution is 2.05. The van der Waals surface area contributed by atoms with Crippen LogP contribution >= 0.6 is 0 Å². The van der Waals surface area contributed by atoms with E-state index < -0.39 is 0 Å². The first-order valence-electron chi connectivity index (χ1n) is 5.66. The monoisotopic (exact) mass is 206 g/mol. The van der Waals surface area contributed by atoms with E-state index in [1.54, 1.807) is 0 Å². The van der Waals surface area contributed by atoms with Crippen LogP contribution in [-0.4, -0.2) is 30.8 Å². The molecule has 15 heavy (non-hydrogen) atoms. The number of pyridine rings is 1. The molecule has 82 valence electrons. The molecule has 3 nitrogen and oxygen atoms in total. The number of nitrogens with one attached hydrogen (secondary N) is 1. The molecule has 3 heteroatoms. The normalized spacial score (nSPS) is 20.7. The quantitative estimate of drug-likeness (QED) is 0.739. The third-order valence-corrected chi connectivity index (χ3v) is 2.71. The molecule has 2 heterocycles. The Kier molecular flexibility index (Phi) is 4.11. The summed E-state index contributed by atoms with van der Waals surface area (Å²) in [4.78, 5) is 4.25. The van der Waals surface area contributed by atoms with Gasteiger partial charge < -0.3 is 10.1 Å². The molecule has 1 atom stereocenters. The Hall–Kier alpha value is -0.930. The van der Waals surface area contributed by atoms with Crippen LogP contribution in [0.2, 0.25) is 0 Å². The molecule has 2 rings (SSSR count). The second kappa shape index (κ2) is 5.83. The van der Waals surface area contributed by atoms with Crippen LogP contribution in [0.3, 0.4) is 0 Å². The molecule has 0 saturated carbocycles. The average Bonchev–Trinajstić information content (AvgIpc) is 2.79. The first kappa shape index (κ1) is 10.6. The smallest absolute Gasteiger partial charge is 0.0619 e. The lowest BCUT2D eigenvalue weighted by Gasteiger charge is -2.10. The predicted molar refractivity (Wildman–Crippen MR) is 59.8 cm³/mol. The standard InChI is InChI=1S/C12H18N2O/c1-2-7-13-11(4-1)6-9-15-10-12-5-3-8-14-12/h1-2,4,7,12,14H,3,5-6,8-10H2. The zero-order valence-corrected chi connectivity index (χ0v) is 8.98. The SMILES string of the molecule is c1ccc(CCOCC2CCCN2)nc1. The lowest BCUT2D eigenvalue weighted by Crippen LogP contribution is -2.27. The van der Waals surface area contributed by atoms with Gasteiger partial charge in [0, 0.05) is 24.4 Å². The Morgan fingerprint density at radius 2 is 2.47 bits per heavy atom. The molecule has 1 aliphatic heterocycles. The minimum atomic E-state index is 0.578. The van der Waals surface area contributed by atoms with E-state index in [1.807, 2.05) is 24.4 Å². The van der Waals surface area contributed by atoms with Crippen molar-refractivity contribution in [2.45, 2.75) is 25.3 Å². The second-order valence-electron chi connectivity index (χ2n) is 3.94. The van der Waals surface area contributed by atoms with E-state index in [9.17, 15) is 0 Å². The van der Waals surface area contributed by atoms with Gasteiger partial charge in [-0.3, -0.25) is 4.98 Å². The van der Waals surface area contributed by atoms with E-state index in [1.165, 1.54) is 12.8 Å². The van der Waals surface area contributed by atoms with Crippen LogP contribution < -0.4 is 5.32 Å². The van der Waals surface area contributed by atoms with E-state index in [4.69, 9.17) is 4.74 Å². The van der Waals surface area contributed by atoms with Crippen LogP contribution in [0.4, 0.5) is 0 Å².